The lowest BCUT2D eigenvalue weighted by molar-refractivity contribution is 0.0852. The molecule has 0 saturated heterocycles. The summed E-state index contributed by atoms with van der Waals surface area (Å²) in [5.74, 6) is 0. The molecule has 15 heavy (non-hydrogen) atoms. The van der Waals surface area contributed by atoms with Gasteiger partial charge in [-0.3, -0.25) is 0 Å². The van der Waals surface area contributed by atoms with E-state index in [1.54, 1.807) is 0 Å². The molecule has 1 unspecified atom stereocenters. The second kappa shape index (κ2) is 7.24. The Morgan fingerprint density at radius 1 is 1.27 bits per heavy atom. The van der Waals surface area contributed by atoms with E-state index in [1.165, 1.54) is 38.5 Å². The van der Waals surface area contributed by atoms with E-state index in [4.69, 9.17) is 0 Å². The van der Waals surface area contributed by atoms with Gasteiger partial charge in [0.15, 0.2) is 0 Å². The monoisotopic (exact) mass is 213 g/mol. The topological polar surface area (TPSA) is 32.3 Å². The molecular weight excluding hydrogens is 186 g/mol. The lowest BCUT2D eigenvalue weighted by Gasteiger charge is -2.31. The fourth-order valence-electron chi connectivity index (χ4n) is 2.46. The van der Waals surface area contributed by atoms with E-state index in [-0.39, 0.29) is 6.10 Å². The highest BCUT2D eigenvalue weighted by Gasteiger charge is 2.23. The maximum absolute atomic E-state index is 9.83. The van der Waals surface area contributed by atoms with Crippen molar-refractivity contribution in [3.63, 3.8) is 0 Å². The molecule has 0 aliphatic heterocycles. The minimum Gasteiger partial charge on any atom is -0.392 e. The molecule has 0 bridgehead atoms. The van der Waals surface area contributed by atoms with E-state index in [9.17, 15) is 5.11 Å². The van der Waals surface area contributed by atoms with Crippen LogP contribution in [0.25, 0.3) is 0 Å². The molecule has 0 radical (unpaired) electrons. The van der Waals surface area contributed by atoms with Gasteiger partial charge < -0.3 is 10.4 Å². The predicted molar refractivity (Wildman–Crippen MR) is 65.0 cm³/mol. The first-order valence-electron chi connectivity index (χ1n) is 6.68. The Balaban J connectivity index is 2.15. The Bertz CT molecular complexity index is 161. The van der Waals surface area contributed by atoms with Crippen LogP contribution in [0.4, 0.5) is 0 Å². The zero-order valence-electron chi connectivity index (χ0n) is 10.3. The van der Waals surface area contributed by atoms with Crippen LogP contribution in [0.5, 0.6) is 0 Å². The van der Waals surface area contributed by atoms with Gasteiger partial charge in [-0.05, 0) is 26.2 Å². The summed E-state index contributed by atoms with van der Waals surface area (Å²) in [5, 5.41) is 13.4. The summed E-state index contributed by atoms with van der Waals surface area (Å²) >= 11 is 0. The van der Waals surface area contributed by atoms with Crippen LogP contribution in [-0.2, 0) is 0 Å². The molecule has 1 fully saturated rings. The molecule has 0 aromatic heterocycles. The van der Waals surface area contributed by atoms with Crippen LogP contribution in [-0.4, -0.2) is 23.3 Å². The molecule has 0 aromatic rings. The summed E-state index contributed by atoms with van der Waals surface area (Å²) < 4.78 is 0. The first-order chi connectivity index (χ1) is 7.24. The van der Waals surface area contributed by atoms with Crippen molar-refractivity contribution in [1.82, 2.24) is 5.32 Å². The minimum atomic E-state index is -0.104. The molecule has 90 valence electrons. The first kappa shape index (κ1) is 13.0. The highest BCUT2D eigenvalue weighted by Crippen LogP contribution is 2.19. The molecule has 0 aromatic carbocycles. The van der Waals surface area contributed by atoms with Crippen LogP contribution < -0.4 is 5.32 Å². The molecule has 0 heterocycles. The molecule has 2 N–H and O–H groups in total. The molecule has 0 spiro atoms. The summed E-state index contributed by atoms with van der Waals surface area (Å²) in [6.07, 6.45) is 9.69. The van der Waals surface area contributed by atoms with Gasteiger partial charge in [0.05, 0.1) is 6.10 Å². The van der Waals surface area contributed by atoms with Gasteiger partial charge >= 0.3 is 0 Å². The van der Waals surface area contributed by atoms with Gasteiger partial charge in [-0.25, -0.2) is 0 Å². The van der Waals surface area contributed by atoms with E-state index >= 15 is 0 Å². The van der Waals surface area contributed by atoms with Gasteiger partial charge in [0, 0.05) is 12.1 Å². The van der Waals surface area contributed by atoms with E-state index in [1.807, 2.05) is 0 Å². The maximum atomic E-state index is 9.83. The van der Waals surface area contributed by atoms with Gasteiger partial charge in [0.25, 0.3) is 0 Å². The van der Waals surface area contributed by atoms with Crippen molar-refractivity contribution in [3.8, 4) is 0 Å². The molecule has 3 atom stereocenters. The van der Waals surface area contributed by atoms with Gasteiger partial charge in [0.1, 0.15) is 0 Å². The summed E-state index contributed by atoms with van der Waals surface area (Å²) in [4.78, 5) is 0. The average molecular weight is 213 g/mol. The van der Waals surface area contributed by atoms with E-state index in [0.29, 0.717) is 12.1 Å². The lowest BCUT2D eigenvalue weighted by atomic mass is 9.92. The number of hydrogen-bond acceptors (Lipinski definition) is 2. The van der Waals surface area contributed by atoms with Gasteiger partial charge in [-0.15, -0.1) is 0 Å². The molecule has 2 nitrogen and oxygen atoms in total. The average Bonchev–Trinajstić information content (AvgIpc) is 2.22. The molecular formula is C13H27NO. The van der Waals surface area contributed by atoms with Gasteiger partial charge in [-0.2, -0.15) is 0 Å². The van der Waals surface area contributed by atoms with E-state index < -0.39 is 0 Å². The van der Waals surface area contributed by atoms with Crippen molar-refractivity contribution in [2.75, 3.05) is 0 Å². The molecule has 2 heteroatoms. The van der Waals surface area contributed by atoms with Crippen molar-refractivity contribution >= 4 is 0 Å². The Morgan fingerprint density at radius 2 is 2.00 bits per heavy atom. The quantitative estimate of drug-likeness (QED) is 0.665. The molecule has 1 saturated carbocycles. The van der Waals surface area contributed by atoms with E-state index in [0.717, 1.165) is 12.8 Å². The molecule has 1 aliphatic rings. The number of rotatable bonds is 6. The number of aliphatic hydroxyl groups excluding tert-OH is 1. The normalized spacial score (nSPS) is 29.0. The van der Waals surface area contributed by atoms with Crippen LogP contribution in [0.1, 0.15) is 65.2 Å². The summed E-state index contributed by atoms with van der Waals surface area (Å²) in [5.41, 5.74) is 0. The number of aliphatic hydroxyl groups is 1. The Labute approximate surface area is 94.5 Å². The smallest absolute Gasteiger partial charge is 0.0693 e. The Kier molecular flexibility index (Phi) is 6.26. The van der Waals surface area contributed by atoms with Crippen molar-refractivity contribution in [2.45, 2.75) is 83.4 Å². The largest absolute Gasteiger partial charge is 0.392 e. The minimum absolute atomic E-state index is 0.104. The third kappa shape index (κ3) is 4.98. The van der Waals surface area contributed by atoms with Crippen molar-refractivity contribution < 1.29 is 5.11 Å². The van der Waals surface area contributed by atoms with Gasteiger partial charge in [-0.1, -0.05) is 39.0 Å². The van der Waals surface area contributed by atoms with Crippen molar-refractivity contribution in [2.24, 2.45) is 0 Å². The lowest BCUT2D eigenvalue weighted by Crippen LogP contribution is -2.46. The van der Waals surface area contributed by atoms with Crippen LogP contribution >= 0.6 is 0 Å². The van der Waals surface area contributed by atoms with Crippen LogP contribution in [0.15, 0.2) is 0 Å². The highest BCUT2D eigenvalue weighted by atomic mass is 16.3. The number of unbranched alkanes of at least 4 members (excludes halogenated alkanes) is 2. The Morgan fingerprint density at radius 3 is 2.67 bits per heavy atom. The second-order valence-corrected chi connectivity index (χ2v) is 5.02. The van der Waals surface area contributed by atoms with E-state index in [2.05, 4.69) is 19.2 Å². The summed E-state index contributed by atoms with van der Waals surface area (Å²) in [6, 6.07) is 0.921. The maximum Gasteiger partial charge on any atom is 0.0693 e. The summed E-state index contributed by atoms with van der Waals surface area (Å²) in [6.45, 7) is 4.49. The predicted octanol–water partition coefficient (Wildman–Crippen LogP) is 2.85. The number of hydrogen-bond donors (Lipinski definition) is 2. The third-order valence-electron chi connectivity index (χ3n) is 3.47. The SMILES string of the molecule is CCCCCC(C)N[C@@H]1CCCC[C@H]1O. The molecule has 1 rings (SSSR count). The zero-order valence-corrected chi connectivity index (χ0v) is 10.3. The van der Waals surface area contributed by atoms with Crippen LogP contribution in [0.3, 0.4) is 0 Å². The van der Waals surface area contributed by atoms with Crippen molar-refractivity contribution in [3.05, 3.63) is 0 Å². The Hall–Kier alpha value is -0.0800. The third-order valence-corrected chi connectivity index (χ3v) is 3.47. The number of nitrogens with one attached hydrogen (secondary N) is 1. The van der Waals surface area contributed by atoms with Crippen molar-refractivity contribution in [1.29, 1.82) is 0 Å². The summed E-state index contributed by atoms with van der Waals surface area (Å²) in [7, 11) is 0. The highest BCUT2D eigenvalue weighted by molar-refractivity contribution is 4.82. The standard InChI is InChI=1S/C13H27NO/c1-3-4-5-8-11(2)14-12-9-6-7-10-13(12)15/h11-15H,3-10H2,1-2H3/t11?,12-,13-/m1/s1. The first-order valence-corrected chi connectivity index (χ1v) is 6.68. The second-order valence-electron chi connectivity index (χ2n) is 5.02. The molecule has 0 amide bonds. The molecule has 1 aliphatic carbocycles. The fraction of sp³-hybridized carbons (Fsp3) is 1.00. The van der Waals surface area contributed by atoms with Gasteiger partial charge in [0.2, 0.25) is 0 Å². The fourth-order valence-corrected chi connectivity index (χ4v) is 2.46. The van der Waals surface area contributed by atoms with Crippen LogP contribution in [0, 0.1) is 0 Å². The van der Waals surface area contributed by atoms with Crippen LogP contribution in [0.2, 0.25) is 0 Å². The zero-order chi connectivity index (χ0) is 11.1.